The molecule has 5 heteroatoms. The molecule has 0 unspecified atom stereocenters. The lowest BCUT2D eigenvalue weighted by atomic mass is 10.1. The minimum Gasteiger partial charge on any atom is -0.497 e. The average molecular weight is 271 g/mol. The van der Waals surface area contributed by atoms with E-state index in [0.29, 0.717) is 12.2 Å². The van der Waals surface area contributed by atoms with Crippen LogP contribution in [0.2, 0.25) is 0 Å². The third-order valence-electron chi connectivity index (χ3n) is 2.90. The number of rotatable bonds is 3. The molecular weight excluding hydrogens is 258 g/mol. The molecule has 2 aromatic heterocycles. The van der Waals surface area contributed by atoms with Crippen molar-refractivity contribution in [2.24, 2.45) is 0 Å². The standard InChI is InChI=1S/C14H13N3OS/c1-18-10-4-2-3-9(7-10)8-12-16-13(15)11-5-6-19-14(11)17-12/h2-7H,8H2,1H3,(H2,15,16,17). The zero-order valence-corrected chi connectivity index (χ0v) is 11.3. The summed E-state index contributed by atoms with van der Waals surface area (Å²) in [7, 11) is 1.66. The molecule has 2 heterocycles. The van der Waals surface area contributed by atoms with Crippen LogP contribution in [0, 0.1) is 0 Å². The van der Waals surface area contributed by atoms with Crippen molar-refractivity contribution in [2.45, 2.75) is 6.42 Å². The first-order valence-electron chi connectivity index (χ1n) is 5.89. The van der Waals surface area contributed by atoms with Gasteiger partial charge in [0.2, 0.25) is 0 Å². The molecule has 3 aromatic rings. The van der Waals surface area contributed by atoms with Crippen molar-refractivity contribution in [3.8, 4) is 5.75 Å². The van der Waals surface area contributed by atoms with Crippen LogP contribution in [0.3, 0.4) is 0 Å². The van der Waals surface area contributed by atoms with Crippen LogP contribution >= 0.6 is 11.3 Å². The third kappa shape index (κ3) is 2.37. The zero-order chi connectivity index (χ0) is 13.2. The minimum absolute atomic E-state index is 0.546. The first-order chi connectivity index (χ1) is 9.26. The normalized spacial score (nSPS) is 10.8. The molecule has 0 fully saturated rings. The Hall–Kier alpha value is -2.14. The van der Waals surface area contributed by atoms with Crippen LogP contribution in [0.1, 0.15) is 11.4 Å². The summed E-state index contributed by atoms with van der Waals surface area (Å²) in [5.74, 6) is 2.12. The SMILES string of the molecule is COc1cccc(Cc2nc(N)c3ccsc3n2)c1. The van der Waals surface area contributed by atoms with Gasteiger partial charge in [-0.1, -0.05) is 12.1 Å². The summed E-state index contributed by atoms with van der Waals surface area (Å²) in [6, 6.07) is 9.84. The van der Waals surface area contributed by atoms with Gasteiger partial charge in [0.1, 0.15) is 22.2 Å². The number of hydrogen-bond acceptors (Lipinski definition) is 5. The van der Waals surface area contributed by atoms with Gasteiger partial charge in [0.15, 0.2) is 0 Å². The molecule has 0 saturated carbocycles. The molecule has 0 spiro atoms. The number of anilines is 1. The monoisotopic (exact) mass is 271 g/mol. The number of ether oxygens (including phenoxy) is 1. The Morgan fingerprint density at radius 2 is 2.16 bits per heavy atom. The number of fused-ring (bicyclic) bond motifs is 1. The Labute approximate surface area is 114 Å². The van der Waals surface area contributed by atoms with Crippen molar-refractivity contribution in [3.63, 3.8) is 0 Å². The highest BCUT2D eigenvalue weighted by atomic mass is 32.1. The second-order valence-electron chi connectivity index (χ2n) is 4.19. The number of nitrogen functional groups attached to an aromatic ring is 1. The smallest absolute Gasteiger partial charge is 0.136 e. The molecular formula is C14H13N3OS. The Morgan fingerprint density at radius 1 is 1.26 bits per heavy atom. The summed E-state index contributed by atoms with van der Waals surface area (Å²) in [4.78, 5) is 9.83. The van der Waals surface area contributed by atoms with Gasteiger partial charge in [-0.3, -0.25) is 0 Å². The molecule has 0 amide bonds. The van der Waals surface area contributed by atoms with E-state index < -0.39 is 0 Å². The number of nitrogens with zero attached hydrogens (tertiary/aromatic N) is 2. The Bertz CT molecular complexity index is 724. The fraction of sp³-hybridized carbons (Fsp3) is 0.143. The summed E-state index contributed by atoms with van der Waals surface area (Å²) < 4.78 is 5.21. The summed E-state index contributed by atoms with van der Waals surface area (Å²) in [5.41, 5.74) is 7.05. The summed E-state index contributed by atoms with van der Waals surface area (Å²) >= 11 is 1.58. The van der Waals surface area contributed by atoms with Gasteiger partial charge < -0.3 is 10.5 Å². The molecule has 0 aliphatic carbocycles. The molecule has 0 atom stereocenters. The van der Waals surface area contributed by atoms with E-state index in [0.717, 1.165) is 27.4 Å². The average Bonchev–Trinajstić information content (AvgIpc) is 2.88. The first-order valence-corrected chi connectivity index (χ1v) is 6.77. The first kappa shape index (κ1) is 11.9. The van der Waals surface area contributed by atoms with Gasteiger partial charge in [-0.2, -0.15) is 0 Å². The van der Waals surface area contributed by atoms with E-state index in [1.165, 1.54) is 0 Å². The lowest BCUT2D eigenvalue weighted by Gasteiger charge is -2.05. The molecule has 3 rings (SSSR count). The van der Waals surface area contributed by atoms with Gasteiger partial charge in [-0.15, -0.1) is 11.3 Å². The summed E-state index contributed by atoms with van der Waals surface area (Å²) in [6.07, 6.45) is 0.648. The van der Waals surface area contributed by atoms with Crippen LogP contribution in [-0.2, 0) is 6.42 Å². The van der Waals surface area contributed by atoms with Crippen LogP contribution in [0.5, 0.6) is 5.75 Å². The number of thiophene rings is 1. The van der Waals surface area contributed by atoms with Gasteiger partial charge in [0, 0.05) is 6.42 Å². The quantitative estimate of drug-likeness (QED) is 0.795. The van der Waals surface area contributed by atoms with Crippen LogP contribution in [0.15, 0.2) is 35.7 Å². The molecule has 0 aliphatic rings. The number of benzene rings is 1. The van der Waals surface area contributed by atoms with Crippen LogP contribution in [0.25, 0.3) is 10.2 Å². The van der Waals surface area contributed by atoms with Crippen molar-refractivity contribution in [2.75, 3.05) is 12.8 Å². The predicted octanol–water partition coefficient (Wildman–Crippen LogP) is 2.87. The topological polar surface area (TPSA) is 61.0 Å². The highest BCUT2D eigenvalue weighted by Gasteiger charge is 2.07. The van der Waals surface area contributed by atoms with Gasteiger partial charge in [0.05, 0.1) is 12.5 Å². The Morgan fingerprint density at radius 3 is 3.00 bits per heavy atom. The van der Waals surface area contributed by atoms with E-state index in [1.54, 1.807) is 18.4 Å². The highest BCUT2D eigenvalue weighted by Crippen LogP contribution is 2.24. The van der Waals surface area contributed by atoms with Gasteiger partial charge in [-0.25, -0.2) is 9.97 Å². The molecule has 0 bridgehead atoms. The molecule has 1 aromatic carbocycles. The van der Waals surface area contributed by atoms with E-state index in [1.807, 2.05) is 35.7 Å². The van der Waals surface area contributed by atoms with E-state index >= 15 is 0 Å². The van der Waals surface area contributed by atoms with Crippen molar-refractivity contribution < 1.29 is 4.74 Å². The van der Waals surface area contributed by atoms with Crippen molar-refractivity contribution in [1.82, 2.24) is 9.97 Å². The predicted molar refractivity (Wildman–Crippen MR) is 77.6 cm³/mol. The molecule has 0 radical (unpaired) electrons. The fourth-order valence-corrected chi connectivity index (χ4v) is 2.76. The maximum absolute atomic E-state index is 5.94. The van der Waals surface area contributed by atoms with Crippen LogP contribution in [-0.4, -0.2) is 17.1 Å². The molecule has 0 saturated heterocycles. The number of aromatic nitrogens is 2. The van der Waals surface area contributed by atoms with Crippen molar-refractivity contribution >= 4 is 27.4 Å². The van der Waals surface area contributed by atoms with Gasteiger partial charge in [-0.05, 0) is 29.1 Å². The Balaban J connectivity index is 1.95. The second kappa shape index (κ2) is 4.85. The minimum atomic E-state index is 0.546. The van der Waals surface area contributed by atoms with E-state index in [2.05, 4.69) is 9.97 Å². The van der Waals surface area contributed by atoms with E-state index in [-0.39, 0.29) is 0 Å². The largest absolute Gasteiger partial charge is 0.497 e. The number of hydrogen-bond donors (Lipinski definition) is 1. The Kier molecular flexibility index (Phi) is 3.05. The van der Waals surface area contributed by atoms with Gasteiger partial charge in [0.25, 0.3) is 0 Å². The van der Waals surface area contributed by atoms with Crippen LogP contribution < -0.4 is 10.5 Å². The van der Waals surface area contributed by atoms with Crippen LogP contribution in [0.4, 0.5) is 5.82 Å². The lowest BCUT2D eigenvalue weighted by Crippen LogP contribution is -2.00. The third-order valence-corrected chi connectivity index (χ3v) is 3.70. The molecule has 0 aliphatic heterocycles. The summed E-state index contributed by atoms with van der Waals surface area (Å²) in [5, 5.41) is 2.91. The lowest BCUT2D eigenvalue weighted by molar-refractivity contribution is 0.414. The van der Waals surface area contributed by atoms with E-state index in [4.69, 9.17) is 10.5 Å². The van der Waals surface area contributed by atoms with Crippen molar-refractivity contribution in [3.05, 3.63) is 47.1 Å². The summed E-state index contributed by atoms with van der Waals surface area (Å²) in [6.45, 7) is 0. The van der Waals surface area contributed by atoms with Gasteiger partial charge >= 0.3 is 0 Å². The second-order valence-corrected chi connectivity index (χ2v) is 5.09. The van der Waals surface area contributed by atoms with E-state index in [9.17, 15) is 0 Å². The fourth-order valence-electron chi connectivity index (χ4n) is 1.97. The zero-order valence-electron chi connectivity index (χ0n) is 10.5. The molecule has 96 valence electrons. The number of nitrogens with two attached hydrogens (primary N) is 1. The number of methoxy groups -OCH3 is 1. The maximum atomic E-state index is 5.94. The molecule has 4 nitrogen and oxygen atoms in total. The molecule has 2 N–H and O–H groups in total. The maximum Gasteiger partial charge on any atom is 0.136 e. The highest BCUT2D eigenvalue weighted by molar-refractivity contribution is 7.16. The van der Waals surface area contributed by atoms with Crippen molar-refractivity contribution in [1.29, 1.82) is 0 Å². The molecule has 19 heavy (non-hydrogen) atoms.